The number of likely N-dealkylation sites (tertiary alicyclic amines) is 1. The predicted octanol–water partition coefficient (Wildman–Crippen LogP) is 3.59. The van der Waals surface area contributed by atoms with Crippen LogP contribution >= 0.6 is 0 Å². The number of hydrogen-bond donors (Lipinski definition) is 0. The van der Waals surface area contributed by atoms with Crippen LogP contribution in [0, 0.1) is 0 Å². The molecule has 6 nitrogen and oxygen atoms in total. The molecule has 3 heterocycles. The topological polar surface area (TPSA) is 46.9 Å². The molecule has 0 spiro atoms. The molecule has 0 radical (unpaired) electrons. The summed E-state index contributed by atoms with van der Waals surface area (Å²) < 4.78 is 12.8. The minimum absolute atomic E-state index is 0.102. The van der Waals surface area contributed by atoms with Crippen LogP contribution in [0.4, 0.5) is 0 Å². The van der Waals surface area contributed by atoms with E-state index in [1.165, 1.54) is 5.56 Å². The molecule has 0 unspecified atom stereocenters. The Labute approximate surface area is 182 Å². The van der Waals surface area contributed by atoms with E-state index in [0.29, 0.717) is 6.54 Å². The van der Waals surface area contributed by atoms with E-state index in [-0.39, 0.29) is 18.0 Å². The van der Waals surface area contributed by atoms with E-state index in [1.54, 1.807) is 14.2 Å². The van der Waals surface area contributed by atoms with Crippen molar-refractivity contribution in [1.82, 2.24) is 14.4 Å². The van der Waals surface area contributed by atoms with Gasteiger partial charge in [-0.05, 0) is 47.5 Å². The highest BCUT2D eigenvalue weighted by molar-refractivity contribution is 5.94. The summed E-state index contributed by atoms with van der Waals surface area (Å²) in [6.07, 6.45) is 2.05. The number of benzene rings is 2. The van der Waals surface area contributed by atoms with Gasteiger partial charge >= 0.3 is 0 Å². The maximum absolute atomic E-state index is 13.3. The molecule has 0 saturated carbocycles. The van der Waals surface area contributed by atoms with Gasteiger partial charge in [-0.15, -0.1) is 0 Å². The summed E-state index contributed by atoms with van der Waals surface area (Å²) in [6.45, 7) is 3.20. The number of amides is 1. The Balaban J connectivity index is 1.40. The Bertz CT molecular complexity index is 1080. The van der Waals surface area contributed by atoms with Gasteiger partial charge in [0.2, 0.25) is 0 Å². The summed E-state index contributed by atoms with van der Waals surface area (Å²) in [5.41, 5.74) is 3.11. The summed E-state index contributed by atoms with van der Waals surface area (Å²) in [5, 5.41) is 0. The Morgan fingerprint density at radius 3 is 2.39 bits per heavy atom. The SMILES string of the molecule is COc1ccc(CN2C(=O)c3cccn3[C@H]3CN(Cc4cccc(OC)c4)C[C@H]32)cc1. The number of methoxy groups -OCH3 is 2. The van der Waals surface area contributed by atoms with Crippen LogP contribution in [0.15, 0.2) is 66.9 Å². The van der Waals surface area contributed by atoms with Gasteiger partial charge in [0.1, 0.15) is 17.2 Å². The molecule has 160 valence electrons. The molecule has 2 aliphatic rings. The fraction of sp³-hybridized carbons (Fsp3) is 0.320. The van der Waals surface area contributed by atoms with E-state index in [9.17, 15) is 4.79 Å². The first kappa shape index (κ1) is 19.7. The molecule has 2 atom stereocenters. The molecule has 0 bridgehead atoms. The van der Waals surface area contributed by atoms with Gasteiger partial charge in [-0.2, -0.15) is 0 Å². The number of ether oxygens (including phenoxy) is 2. The molecule has 2 aliphatic heterocycles. The van der Waals surface area contributed by atoms with Gasteiger partial charge in [-0.1, -0.05) is 24.3 Å². The van der Waals surface area contributed by atoms with Gasteiger partial charge < -0.3 is 18.9 Å². The molecule has 0 N–H and O–H groups in total. The van der Waals surface area contributed by atoms with Crippen molar-refractivity contribution in [2.45, 2.75) is 25.2 Å². The molecule has 6 heteroatoms. The molecular weight excluding hydrogens is 390 g/mol. The number of carbonyl (C=O) groups excluding carboxylic acids is 1. The first-order chi connectivity index (χ1) is 15.2. The number of hydrogen-bond acceptors (Lipinski definition) is 4. The minimum atomic E-state index is 0.102. The first-order valence-electron chi connectivity index (χ1n) is 10.6. The Morgan fingerprint density at radius 1 is 0.839 bits per heavy atom. The largest absolute Gasteiger partial charge is 0.497 e. The van der Waals surface area contributed by atoms with E-state index in [1.807, 2.05) is 59.6 Å². The van der Waals surface area contributed by atoms with E-state index in [2.05, 4.69) is 21.6 Å². The van der Waals surface area contributed by atoms with Crippen LogP contribution in [-0.4, -0.2) is 53.6 Å². The normalized spacial score (nSPS) is 20.5. The third-order valence-electron chi connectivity index (χ3n) is 6.40. The van der Waals surface area contributed by atoms with E-state index >= 15 is 0 Å². The summed E-state index contributed by atoms with van der Waals surface area (Å²) in [7, 11) is 3.36. The number of fused-ring (bicyclic) bond motifs is 3. The molecule has 1 fully saturated rings. The van der Waals surface area contributed by atoms with Gasteiger partial charge in [0, 0.05) is 32.4 Å². The van der Waals surface area contributed by atoms with Crippen molar-refractivity contribution < 1.29 is 14.3 Å². The second kappa shape index (κ2) is 8.12. The molecule has 3 aromatic rings. The van der Waals surface area contributed by atoms with Crippen LogP contribution in [0.5, 0.6) is 11.5 Å². The average Bonchev–Trinajstić information content (AvgIpc) is 3.44. The molecule has 1 saturated heterocycles. The maximum atomic E-state index is 13.3. The van der Waals surface area contributed by atoms with E-state index in [0.717, 1.165) is 42.4 Å². The van der Waals surface area contributed by atoms with E-state index < -0.39 is 0 Å². The van der Waals surface area contributed by atoms with Gasteiger partial charge in [0.05, 0.1) is 26.3 Å². The van der Waals surface area contributed by atoms with Crippen LogP contribution < -0.4 is 9.47 Å². The van der Waals surface area contributed by atoms with Crippen molar-refractivity contribution in [2.24, 2.45) is 0 Å². The average molecular weight is 418 g/mol. The molecule has 5 rings (SSSR count). The molecule has 1 amide bonds. The Kier molecular flexibility index (Phi) is 5.16. The summed E-state index contributed by atoms with van der Waals surface area (Å²) >= 11 is 0. The number of nitrogens with zero attached hydrogens (tertiary/aromatic N) is 3. The lowest BCUT2D eigenvalue weighted by atomic mass is 10.0. The minimum Gasteiger partial charge on any atom is -0.497 e. The fourth-order valence-electron chi connectivity index (χ4n) is 4.86. The Hall–Kier alpha value is -3.25. The molecule has 2 aromatic carbocycles. The fourth-order valence-corrected chi connectivity index (χ4v) is 4.86. The number of aromatic nitrogens is 1. The lowest BCUT2D eigenvalue weighted by molar-refractivity contribution is 0.0556. The van der Waals surface area contributed by atoms with Crippen molar-refractivity contribution >= 4 is 5.91 Å². The smallest absolute Gasteiger partial charge is 0.271 e. The summed E-state index contributed by atoms with van der Waals surface area (Å²) in [6, 6.07) is 20.5. The predicted molar refractivity (Wildman–Crippen MR) is 118 cm³/mol. The van der Waals surface area contributed by atoms with Gasteiger partial charge in [-0.25, -0.2) is 0 Å². The molecular formula is C25H27N3O3. The van der Waals surface area contributed by atoms with Crippen molar-refractivity contribution in [3.8, 4) is 11.5 Å². The van der Waals surface area contributed by atoms with E-state index in [4.69, 9.17) is 9.47 Å². The first-order valence-corrected chi connectivity index (χ1v) is 10.6. The van der Waals surface area contributed by atoms with Crippen molar-refractivity contribution in [3.63, 3.8) is 0 Å². The third-order valence-corrected chi connectivity index (χ3v) is 6.40. The zero-order valence-electron chi connectivity index (χ0n) is 17.9. The monoisotopic (exact) mass is 417 g/mol. The van der Waals surface area contributed by atoms with Crippen LogP contribution in [0.25, 0.3) is 0 Å². The van der Waals surface area contributed by atoms with Gasteiger partial charge in [0.15, 0.2) is 0 Å². The highest BCUT2D eigenvalue weighted by Crippen LogP contribution is 2.35. The number of carbonyl (C=O) groups is 1. The molecule has 1 aromatic heterocycles. The van der Waals surface area contributed by atoms with Crippen LogP contribution in [0.1, 0.15) is 27.7 Å². The van der Waals surface area contributed by atoms with Crippen molar-refractivity contribution in [1.29, 1.82) is 0 Å². The summed E-state index contributed by atoms with van der Waals surface area (Å²) in [4.78, 5) is 17.8. The Morgan fingerprint density at radius 2 is 1.61 bits per heavy atom. The molecule has 0 aliphatic carbocycles. The van der Waals surface area contributed by atoms with Crippen molar-refractivity contribution in [2.75, 3.05) is 27.3 Å². The van der Waals surface area contributed by atoms with Gasteiger partial charge in [0.25, 0.3) is 5.91 Å². The maximum Gasteiger partial charge on any atom is 0.271 e. The van der Waals surface area contributed by atoms with Crippen LogP contribution in [-0.2, 0) is 13.1 Å². The standard InChI is InChI=1S/C25H27N3O3/c1-30-20-10-8-18(9-11-20)15-28-24-17-26(14-19-5-3-6-21(13-19)31-2)16-23(24)27-12-4-7-22(27)25(28)29/h3-13,23-24H,14-17H2,1-2H3/t23-,24+/m0/s1. The quantitative estimate of drug-likeness (QED) is 0.615. The summed E-state index contributed by atoms with van der Waals surface area (Å²) in [5.74, 6) is 1.80. The van der Waals surface area contributed by atoms with Crippen molar-refractivity contribution in [3.05, 3.63) is 83.7 Å². The lowest BCUT2D eigenvalue weighted by Crippen LogP contribution is -2.49. The van der Waals surface area contributed by atoms with Gasteiger partial charge in [-0.3, -0.25) is 9.69 Å². The second-order valence-electron chi connectivity index (χ2n) is 8.26. The zero-order chi connectivity index (χ0) is 21.4. The third kappa shape index (κ3) is 3.68. The highest BCUT2D eigenvalue weighted by Gasteiger charge is 2.44. The highest BCUT2D eigenvalue weighted by atomic mass is 16.5. The van der Waals surface area contributed by atoms with Crippen LogP contribution in [0.3, 0.4) is 0 Å². The second-order valence-corrected chi connectivity index (χ2v) is 8.26. The number of rotatable bonds is 6. The zero-order valence-corrected chi connectivity index (χ0v) is 17.9. The van der Waals surface area contributed by atoms with Crippen LogP contribution in [0.2, 0.25) is 0 Å². The molecule has 31 heavy (non-hydrogen) atoms. The lowest BCUT2D eigenvalue weighted by Gasteiger charge is -2.38.